The van der Waals surface area contributed by atoms with E-state index >= 15 is 0 Å². The molecule has 166 valence electrons. The van der Waals surface area contributed by atoms with Gasteiger partial charge in [0.2, 0.25) is 10.0 Å². The van der Waals surface area contributed by atoms with Crippen molar-refractivity contribution in [3.63, 3.8) is 0 Å². The number of carbonyl (C=O) groups excluding carboxylic acids is 1. The predicted octanol–water partition coefficient (Wildman–Crippen LogP) is 2.39. The van der Waals surface area contributed by atoms with Crippen molar-refractivity contribution >= 4 is 15.9 Å². The lowest BCUT2D eigenvalue weighted by molar-refractivity contribution is 0.0787. The second-order valence-corrected chi connectivity index (χ2v) is 8.87. The highest BCUT2D eigenvalue weighted by Gasteiger charge is 2.26. The van der Waals surface area contributed by atoms with Gasteiger partial charge in [-0.25, -0.2) is 8.42 Å². The van der Waals surface area contributed by atoms with Crippen molar-refractivity contribution in [1.82, 2.24) is 13.8 Å². The van der Waals surface area contributed by atoms with Crippen molar-refractivity contribution in [1.29, 1.82) is 0 Å². The number of rotatable bonds is 10. The van der Waals surface area contributed by atoms with Crippen LogP contribution in [0.15, 0.2) is 35.4 Å². The zero-order chi connectivity index (χ0) is 22.5. The molecule has 2 aromatic rings. The summed E-state index contributed by atoms with van der Waals surface area (Å²) in [5.74, 6) is 1.05. The topological polar surface area (TPSA) is 81.1 Å². The van der Waals surface area contributed by atoms with Crippen LogP contribution < -0.4 is 9.47 Å². The molecule has 1 aromatic heterocycles. The lowest BCUT2D eigenvalue weighted by Crippen LogP contribution is -2.30. The predicted molar refractivity (Wildman–Crippen MR) is 116 cm³/mol. The number of methoxy groups -OCH3 is 2. The SMILES string of the molecule is CCN(CC)S(=O)(=O)c1cc(C(=O)N(C)CCc2ccc(OC)c(OC)c2)n(C)c1. The van der Waals surface area contributed by atoms with E-state index in [9.17, 15) is 13.2 Å². The number of carbonyl (C=O) groups is 1. The molecule has 0 unspecified atom stereocenters. The molecule has 0 saturated heterocycles. The summed E-state index contributed by atoms with van der Waals surface area (Å²) in [6, 6.07) is 7.09. The van der Waals surface area contributed by atoms with Crippen molar-refractivity contribution < 1.29 is 22.7 Å². The van der Waals surface area contributed by atoms with E-state index in [0.29, 0.717) is 43.2 Å². The molecule has 0 aliphatic rings. The lowest BCUT2D eigenvalue weighted by atomic mass is 10.1. The quantitative estimate of drug-likeness (QED) is 0.570. The molecule has 0 bridgehead atoms. The number of sulfonamides is 1. The largest absolute Gasteiger partial charge is 0.493 e. The Labute approximate surface area is 179 Å². The molecule has 0 atom stereocenters. The zero-order valence-corrected chi connectivity index (χ0v) is 19.3. The molecule has 8 nitrogen and oxygen atoms in total. The fourth-order valence-electron chi connectivity index (χ4n) is 3.23. The van der Waals surface area contributed by atoms with Crippen LogP contribution in [0.5, 0.6) is 11.5 Å². The van der Waals surface area contributed by atoms with Gasteiger partial charge in [0, 0.05) is 39.9 Å². The third kappa shape index (κ3) is 4.96. The standard InChI is InChI=1S/C21H31N3O5S/c1-7-24(8-2)30(26,27)17-14-18(23(4)15-17)21(25)22(3)12-11-16-9-10-19(28-5)20(13-16)29-6/h9-10,13-15H,7-8,11-12H2,1-6H3. The molecule has 0 aliphatic heterocycles. The van der Waals surface area contributed by atoms with Gasteiger partial charge in [0.1, 0.15) is 10.6 Å². The molecule has 1 aromatic carbocycles. The molecule has 1 heterocycles. The highest BCUT2D eigenvalue weighted by atomic mass is 32.2. The highest BCUT2D eigenvalue weighted by Crippen LogP contribution is 2.27. The normalized spacial score (nSPS) is 11.6. The fourth-order valence-corrected chi connectivity index (χ4v) is 4.76. The van der Waals surface area contributed by atoms with E-state index < -0.39 is 10.0 Å². The van der Waals surface area contributed by atoms with E-state index in [-0.39, 0.29) is 10.8 Å². The first-order valence-corrected chi connectivity index (χ1v) is 11.3. The third-order valence-corrected chi connectivity index (χ3v) is 7.09. The number of ether oxygens (including phenoxy) is 2. The summed E-state index contributed by atoms with van der Waals surface area (Å²) < 4.78 is 39.0. The van der Waals surface area contributed by atoms with Crippen molar-refractivity contribution in [2.75, 3.05) is 40.9 Å². The van der Waals surface area contributed by atoms with E-state index in [1.165, 1.54) is 16.6 Å². The van der Waals surface area contributed by atoms with Crippen LogP contribution in [-0.2, 0) is 23.5 Å². The number of hydrogen-bond acceptors (Lipinski definition) is 5. The summed E-state index contributed by atoms with van der Waals surface area (Å²) in [5.41, 5.74) is 1.33. The number of aromatic nitrogens is 1. The first-order valence-electron chi connectivity index (χ1n) is 9.82. The maximum atomic E-state index is 12.9. The fraction of sp³-hybridized carbons (Fsp3) is 0.476. The maximum Gasteiger partial charge on any atom is 0.270 e. The van der Waals surface area contributed by atoms with Crippen LogP contribution in [0.3, 0.4) is 0 Å². The molecule has 0 N–H and O–H groups in total. The molecule has 9 heteroatoms. The second-order valence-electron chi connectivity index (χ2n) is 6.93. The van der Waals surface area contributed by atoms with Gasteiger partial charge in [0.05, 0.1) is 14.2 Å². The van der Waals surface area contributed by atoms with Crippen molar-refractivity contribution in [2.24, 2.45) is 7.05 Å². The second kappa shape index (κ2) is 9.99. The summed E-state index contributed by atoms with van der Waals surface area (Å²) in [7, 11) is 2.93. The van der Waals surface area contributed by atoms with Gasteiger partial charge in [-0.3, -0.25) is 4.79 Å². The van der Waals surface area contributed by atoms with E-state index in [0.717, 1.165) is 5.56 Å². The average molecular weight is 438 g/mol. The van der Waals surface area contributed by atoms with E-state index in [2.05, 4.69) is 0 Å². The maximum absolute atomic E-state index is 12.9. The van der Waals surface area contributed by atoms with Gasteiger partial charge in [0.25, 0.3) is 5.91 Å². The average Bonchev–Trinajstić information content (AvgIpc) is 3.14. The Morgan fingerprint density at radius 3 is 2.27 bits per heavy atom. The van der Waals surface area contributed by atoms with Crippen LogP contribution in [0.1, 0.15) is 29.9 Å². The van der Waals surface area contributed by atoms with E-state index in [1.54, 1.807) is 51.6 Å². The Morgan fingerprint density at radius 1 is 1.07 bits per heavy atom. The van der Waals surface area contributed by atoms with Gasteiger partial charge >= 0.3 is 0 Å². The summed E-state index contributed by atoms with van der Waals surface area (Å²) in [4.78, 5) is 14.6. The Kier molecular flexibility index (Phi) is 7.91. The van der Waals surface area contributed by atoms with Gasteiger partial charge in [-0.15, -0.1) is 0 Å². The number of benzene rings is 1. The smallest absolute Gasteiger partial charge is 0.270 e. The molecule has 0 fully saturated rings. The Hall–Kier alpha value is -2.52. The molecule has 2 rings (SSSR count). The summed E-state index contributed by atoms with van der Waals surface area (Å²) in [5, 5.41) is 0. The molecule has 0 spiro atoms. The molecule has 0 aliphatic carbocycles. The number of likely N-dealkylation sites (N-methyl/N-ethyl adjacent to an activating group) is 1. The first-order chi connectivity index (χ1) is 14.2. The highest BCUT2D eigenvalue weighted by molar-refractivity contribution is 7.89. The summed E-state index contributed by atoms with van der Waals surface area (Å²) in [6.45, 7) is 4.80. The molecule has 0 radical (unpaired) electrons. The van der Waals surface area contributed by atoms with Gasteiger partial charge < -0.3 is 18.9 Å². The van der Waals surface area contributed by atoms with Gasteiger partial charge in [0.15, 0.2) is 11.5 Å². The van der Waals surface area contributed by atoms with Crippen LogP contribution >= 0.6 is 0 Å². The van der Waals surface area contributed by atoms with Crippen molar-refractivity contribution in [3.05, 3.63) is 41.7 Å². The number of hydrogen-bond donors (Lipinski definition) is 0. The summed E-state index contributed by atoms with van der Waals surface area (Å²) in [6.07, 6.45) is 2.11. The molecule has 30 heavy (non-hydrogen) atoms. The van der Waals surface area contributed by atoms with Crippen molar-refractivity contribution in [2.45, 2.75) is 25.2 Å². The van der Waals surface area contributed by atoms with Crippen molar-refractivity contribution in [3.8, 4) is 11.5 Å². The minimum absolute atomic E-state index is 0.130. The van der Waals surface area contributed by atoms with Gasteiger partial charge in [-0.05, 0) is 30.2 Å². The Balaban J connectivity index is 2.14. The summed E-state index contributed by atoms with van der Waals surface area (Å²) >= 11 is 0. The number of nitrogens with zero attached hydrogens (tertiary/aromatic N) is 3. The molecule has 0 saturated carbocycles. The Bertz CT molecular complexity index is 981. The first kappa shape index (κ1) is 23.8. The van der Waals surface area contributed by atoms with Crippen LogP contribution in [-0.4, -0.2) is 69.0 Å². The molecule has 1 amide bonds. The zero-order valence-electron chi connectivity index (χ0n) is 18.5. The van der Waals surface area contributed by atoms with E-state index in [4.69, 9.17) is 9.47 Å². The molecular formula is C21H31N3O5S. The van der Waals surface area contributed by atoms with Gasteiger partial charge in [-0.2, -0.15) is 4.31 Å². The van der Waals surface area contributed by atoms with E-state index in [1.807, 2.05) is 18.2 Å². The lowest BCUT2D eigenvalue weighted by Gasteiger charge is -2.18. The Morgan fingerprint density at radius 2 is 1.70 bits per heavy atom. The van der Waals surface area contributed by atoms with Gasteiger partial charge in [-0.1, -0.05) is 19.9 Å². The minimum Gasteiger partial charge on any atom is -0.493 e. The van der Waals surface area contributed by atoms with Crippen LogP contribution in [0.4, 0.5) is 0 Å². The third-order valence-electron chi connectivity index (χ3n) is 5.07. The van der Waals surface area contributed by atoms with Crippen LogP contribution in [0, 0.1) is 0 Å². The minimum atomic E-state index is -3.62. The van der Waals surface area contributed by atoms with Crippen LogP contribution in [0.25, 0.3) is 0 Å². The molecular weight excluding hydrogens is 406 g/mol. The van der Waals surface area contributed by atoms with Crippen LogP contribution in [0.2, 0.25) is 0 Å². The number of aryl methyl sites for hydroxylation is 1. The monoisotopic (exact) mass is 437 g/mol. The number of amides is 1.